The third-order valence-corrected chi connectivity index (χ3v) is 1.59. The Bertz CT molecular complexity index is 250. The van der Waals surface area contributed by atoms with Crippen molar-refractivity contribution < 1.29 is 9.47 Å². The minimum Gasteiger partial charge on any atom is -0.497 e. The van der Waals surface area contributed by atoms with Crippen molar-refractivity contribution in [2.45, 2.75) is 6.42 Å². The van der Waals surface area contributed by atoms with Gasteiger partial charge in [-0.25, -0.2) is 0 Å². The highest BCUT2D eigenvalue weighted by Crippen LogP contribution is 2.18. The summed E-state index contributed by atoms with van der Waals surface area (Å²) < 4.78 is 10.4. The van der Waals surface area contributed by atoms with Crippen LogP contribution in [-0.4, -0.2) is 20.3 Å². The summed E-state index contributed by atoms with van der Waals surface area (Å²) >= 11 is 0. The standard InChI is InChI=1S/C10H14NO2/c1-12-9-4-2-5-10(8-9)13-7-3-6-11/h4-5,8H,3,6-7,11H2,1H3. The summed E-state index contributed by atoms with van der Waals surface area (Å²) in [5.41, 5.74) is 5.34. The molecule has 0 fully saturated rings. The molecule has 0 bridgehead atoms. The van der Waals surface area contributed by atoms with Crippen LogP contribution in [-0.2, 0) is 0 Å². The van der Waals surface area contributed by atoms with E-state index in [2.05, 4.69) is 6.07 Å². The number of benzene rings is 1. The van der Waals surface area contributed by atoms with Gasteiger partial charge >= 0.3 is 0 Å². The van der Waals surface area contributed by atoms with Gasteiger partial charge in [0.25, 0.3) is 0 Å². The molecule has 0 saturated carbocycles. The van der Waals surface area contributed by atoms with Gasteiger partial charge in [-0.05, 0) is 31.2 Å². The fourth-order valence-corrected chi connectivity index (χ4v) is 0.904. The zero-order valence-electron chi connectivity index (χ0n) is 7.75. The normalized spacial score (nSPS) is 9.69. The molecular formula is C10H14NO2. The Balaban J connectivity index is 2.46. The van der Waals surface area contributed by atoms with Crippen LogP contribution in [0.1, 0.15) is 6.42 Å². The van der Waals surface area contributed by atoms with Gasteiger partial charge in [0.1, 0.15) is 11.5 Å². The van der Waals surface area contributed by atoms with Crippen molar-refractivity contribution in [1.29, 1.82) is 0 Å². The van der Waals surface area contributed by atoms with E-state index in [1.54, 1.807) is 19.2 Å². The van der Waals surface area contributed by atoms with Gasteiger partial charge in [0.15, 0.2) is 0 Å². The maximum Gasteiger partial charge on any atom is 0.123 e. The highest BCUT2D eigenvalue weighted by molar-refractivity contribution is 5.31. The van der Waals surface area contributed by atoms with Gasteiger partial charge in [0, 0.05) is 6.07 Å². The van der Waals surface area contributed by atoms with Crippen molar-refractivity contribution in [3.8, 4) is 11.5 Å². The summed E-state index contributed by atoms with van der Waals surface area (Å²) in [6.45, 7) is 1.28. The molecule has 0 unspecified atom stereocenters. The molecule has 0 spiro atoms. The van der Waals surface area contributed by atoms with E-state index in [4.69, 9.17) is 15.2 Å². The maximum absolute atomic E-state index is 5.40. The summed E-state index contributed by atoms with van der Waals surface area (Å²) in [6, 6.07) is 8.29. The van der Waals surface area contributed by atoms with Crippen LogP contribution in [0.3, 0.4) is 0 Å². The molecule has 71 valence electrons. The summed E-state index contributed by atoms with van der Waals surface area (Å²) in [5, 5.41) is 0. The first-order chi connectivity index (χ1) is 6.36. The van der Waals surface area contributed by atoms with E-state index >= 15 is 0 Å². The molecule has 1 aromatic rings. The molecule has 1 radical (unpaired) electrons. The van der Waals surface area contributed by atoms with Gasteiger partial charge in [-0.15, -0.1) is 0 Å². The minimum absolute atomic E-state index is 0.636. The smallest absolute Gasteiger partial charge is 0.123 e. The Morgan fingerprint density at radius 2 is 2.15 bits per heavy atom. The van der Waals surface area contributed by atoms with E-state index in [1.807, 2.05) is 6.07 Å². The second-order valence-electron chi connectivity index (χ2n) is 2.60. The number of rotatable bonds is 5. The molecule has 0 amide bonds. The molecule has 1 rings (SSSR count). The Labute approximate surface area is 78.5 Å². The maximum atomic E-state index is 5.40. The quantitative estimate of drug-likeness (QED) is 0.693. The first-order valence-corrected chi connectivity index (χ1v) is 4.25. The van der Waals surface area contributed by atoms with Gasteiger partial charge in [-0.3, -0.25) is 0 Å². The summed E-state index contributed by atoms with van der Waals surface area (Å²) in [6.07, 6.45) is 0.858. The van der Waals surface area contributed by atoms with Crippen molar-refractivity contribution in [3.05, 3.63) is 24.3 Å². The Morgan fingerprint density at radius 1 is 1.38 bits per heavy atom. The Hall–Kier alpha value is -1.22. The van der Waals surface area contributed by atoms with E-state index in [9.17, 15) is 0 Å². The Morgan fingerprint density at radius 3 is 2.85 bits per heavy atom. The van der Waals surface area contributed by atoms with E-state index in [-0.39, 0.29) is 0 Å². The molecule has 13 heavy (non-hydrogen) atoms. The van der Waals surface area contributed by atoms with E-state index < -0.39 is 0 Å². The molecule has 0 aliphatic rings. The van der Waals surface area contributed by atoms with E-state index in [0.29, 0.717) is 13.2 Å². The number of methoxy groups -OCH3 is 1. The number of hydrogen-bond acceptors (Lipinski definition) is 3. The van der Waals surface area contributed by atoms with E-state index in [1.165, 1.54) is 0 Å². The average Bonchev–Trinajstić information content (AvgIpc) is 2.19. The van der Waals surface area contributed by atoms with Crippen molar-refractivity contribution in [2.75, 3.05) is 20.3 Å². The van der Waals surface area contributed by atoms with Crippen LogP contribution in [0, 0.1) is 6.07 Å². The predicted molar refractivity (Wildman–Crippen MR) is 51.0 cm³/mol. The van der Waals surface area contributed by atoms with Crippen molar-refractivity contribution >= 4 is 0 Å². The molecule has 0 saturated heterocycles. The first kappa shape index (κ1) is 9.86. The highest BCUT2D eigenvalue weighted by atomic mass is 16.5. The zero-order valence-corrected chi connectivity index (χ0v) is 7.75. The van der Waals surface area contributed by atoms with Crippen LogP contribution in [0.2, 0.25) is 0 Å². The van der Waals surface area contributed by atoms with Crippen LogP contribution in [0.5, 0.6) is 11.5 Å². The molecule has 1 aromatic carbocycles. The lowest BCUT2D eigenvalue weighted by molar-refractivity contribution is 0.310. The van der Waals surface area contributed by atoms with Gasteiger partial charge in [-0.2, -0.15) is 0 Å². The van der Waals surface area contributed by atoms with Gasteiger partial charge in [0.2, 0.25) is 0 Å². The molecular weight excluding hydrogens is 166 g/mol. The monoisotopic (exact) mass is 180 g/mol. The van der Waals surface area contributed by atoms with E-state index in [0.717, 1.165) is 17.9 Å². The summed E-state index contributed by atoms with van der Waals surface area (Å²) in [5.74, 6) is 1.53. The number of nitrogens with two attached hydrogens (primary N) is 1. The number of ether oxygens (including phenoxy) is 2. The third kappa shape index (κ3) is 3.34. The van der Waals surface area contributed by atoms with Crippen molar-refractivity contribution in [1.82, 2.24) is 0 Å². The zero-order chi connectivity index (χ0) is 9.52. The fraction of sp³-hybridized carbons (Fsp3) is 0.400. The van der Waals surface area contributed by atoms with Gasteiger partial charge < -0.3 is 15.2 Å². The summed E-state index contributed by atoms with van der Waals surface area (Å²) in [7, 11) is 1.62. The SMILES string of the molecule is COc1c[c]cc(OCCCN)c1. The minimum atomic E-state index is 0.636. The lowest BCUT2D eigenvalue weighted by Crippen LogP contribution is -2.06. The molecule has 0 aromatic heterocycles. The number of hydrogen-bond donors (Lipinski definition) is 1. The Kier molecular flexibility index (Phi) is 4.12. The second kappa shape index (κ2) is 5.43. The summed E-state index contributed by atoms with van der Waals surface area (Å²) in [4.78, 5) is 0. The van der Waals surface area contributed by atoms with Crippen LogP contribution < -0.4 is 15.2 Å². The molecule has 0 aliphatic heterocycles. The van der Waals surface area contributed by atoms with Crippen molar-refractivity contribution in [2.24, 2.45) is 5.73 Å². The topological polar surface area (TPSA) is 44.5 Å². The molecule has 0 aliphatic carbocycles. The fourth-order valence-electron chi connectivity index (χ4n) is 0.904. The average molecular weight is 180 g/mol. The molecule has 3 nitrogen and oxygen atoms in total. The third-order valence-electron chi connectivity index (χ3n) is 1.59. The molecule has 0 heterocycles. The van der Waals surface area contributed by atoms with Crippen LogP contribution in [0.25, 0.3) is 0 Å². The van der Waals surface area contributed by atoms with Crippen LogP contribution in [0.4, 0.5) is 0 Å². The van der Waals surface area contributed by atoms with Crippen LogP contribution >= 0.6 is 0 Å². The first-order valence-electron chi connectivity index (χ1n) is 4.25. The molecule has 0 atom stereocenters. The van der Waals surface area contributed by atoms with Gasteiger partial charge in [-0.1, -0.05) is 0 Å². The molecule has 3 heteroatoms. The van der Waals surface area contributed by atoms with Crippen molar-refractivity contribution in [3.63, 3.8) is 0 Å². The second-order valence-corrected chi connectivity index (χ2v) is 2.60. The highest BCUT2D eigenvalue weighted by Gasteiger charge is 1.95. The van der Waals surface area contributed by atoms with Crippen LogP contribution in [0.15, 0.2) is 18.2 Å². The lowest BCUT2D eigenvalue weighted by Gasteiger charge is -2.06. The van der Waals surface area contributed by atoms with Gasteiger partial charge in [0.05, 0.1) is 13.7 Å². The largest absolute Gasteiger partial charge is 0.497 e. The lowest BCUT2D eigenvalue weighted by atomic mass is 10.3. The molecule has 2 N–H and O–H groups in total. The predicted octanol–water partition coefficient (Wildman–Crippen LogP) is 1.22.